The third kappa shape index (κ3) is 6.49. The molecule has 0 radical (unpaired) electrons. The Balaban J connectivity index is 1.68. The predicted molar refractivity (Wildman–Crippen MR) is 128 cm³/mol. The fourth-order valence-electron chi connectivity index (χ4n) is 3.16. The van der Waals surface area contributed by atoms with E-state index in [0.29, 0.717) is 16.7 Å². The average molecular weight is 480 g/mol. The zero-order chi connectivity index (χ0) is 22.4. The first kappa shape index (κ1) is 23.7. The highest BCUT2D eigenvalue weighted by Gasteiger charge is 2.21. The van der Waals surface area contributed by atoms with Gasteiger partial charge in [0.1, 0.15) is 0 Å². The monoisotopic (exact) mass is 479 g/mol. The van der Waals surface area contributed by atoms with E-state index in [-0.39, 0.29) is 29.4 Å². The third-order valence-corrected chi connectivity index (χ3v) is 7.91. The van der Waals surface area contributed by atoms with Gasteiger partial charge in [0, 0.05) is 18.0 Å². The van der Waals surface area contributed by atoms with E-state index in [4.69, 9.17) is 11.6 Å². The summed E-state index contributed by atoms with van der Waals surface area (Å²) in [6.07, 6.45) is 1.20. The second-order valence-electron chi connectivity index (χ2n) is 7.54. The number of aromatic nitrogens is 1. The van der Waals surface area contributed by atoms with Gasteiger partial charge in [-0.25, -0.2) is 13.4 Å². The van der Waals surface area contributed by atoms with Crippen LogP contribution in [0.25, 0.3) is 10.2 Å². The number of nitrogens with zero attached hydrogens (tertiary/aromatic N) is 3. The van der Waals surface area contributed by atoms with Crippen molar-refractivity contribution in [1.82, 2.24) is 9.88 Å². The molecule has 1 heterocycles. The van der Waals surface area contributed by atoms with Gasteiger partial charge < -0.3 is 4.90 Å². The lowest BCUT2D eigenvalue weighted by Gasteiger charge is -2.21. The van der Waals surface area contributed by atoms with Gasteiger partial charge in [0.2, 0.25) is 5.91 Å². The van der Waals surface area contributed by atoms with Gasteiger partial charge in [-0.15, -0.1) is 0 Å². The summed E-state index contributed by atoms with van der Waals surface area (Å²) in [5.41, 5.74) is 0.859. The zero-order valence-corrected chi connectivity index (χ0v) is 20.0. The van der Waals surface area contributed by atoms with Crippen LogP contribution in [0.3, 0.4) is 0 Å². The first-order valence-electron chi connectivity index (χ1n) is 10.1. The number of fused-ring (bicyclic) bond motifs is 1. The summed E-state index contributed by atoms with van der Waals surface area (Å²) in [5.74, 6) is -0.199. The maximum atomic E-state index is 13.0. The number of halogens is 1. The van der Waals surface area contributed by atoms with E-state index in [1.165, 1.54) is 23.5 Å². The fraction of sp³-hybridized carbons (Fsp3) is 0.364. The maximum absolute atomic E-state index is 13.0. The standard InChI is InChI=1S/C22H26ClN3O3S2/c1-25(2)14-6-15-26(22-24-19-7-3-4-8-20(19)30-22)21(27)9-5-16-31(28,29)18-12-10-17(23)11-13-18/h3-4,7-8,10-13H,5-6,9,14-16H2,1-2H3. The van der Waals surface area contributed by atoms with E-state index in [1.807, 2.05) is 38.4 Å². The van der Waals surface area contributed by atoms with Crippen LogP contribution < -0.4 is 4.90 Å². The Labute approximate surface area is 192 Å². The van der Waals surface area contributed by atoms with Crippen molar-refractivity contribution in [2.45, 2.75) is 24.2 Å². The van der Waals surface area contributed by atoms with Crippen LogP contribution in [0, 0.1) is 0 Å². The molecule has 1 amide bonds. The summed E-state index contributed by atoms with van der Waals surface area (Å²) in [6, 6.07) is 13.9. The predicted octanol–water partition coefficient (Wildman–Crippen LogP) is 4.49. The lowest BCUT2D eigenvalue weighted by Crippen LogP contribution is -2.33. The summed E-state index contributed by atoms with van der Waals surface area (Å²) < 4.78 is 26.1. The van der Waals surface area contributed by atoms with Crippen LogP contribution in [0.1, 0.15) is 19.3 Å². The Morgan fingerprint density at radius 3 is 2.42 bits per heavy atom. The summed E-state index contributed by atoms with van der Waals surface area (Å²) in [5, 5.41) is 1.14. The summed E-state index contributed by atoms with van der Waals surface area (Å²) in [6.45, 7) is 1.39. The number of para-hydroxylation sites is 1. The highest BCUT2D eigenvalue weighted by atomic mass is 35.5. The Hall–Kier alpha value is -2.00. The molecule has 0 N–H and O–H groups in total. The summed E-state index contributed by atoms with van der Waals surface area (Å²) in [4.78, 5) is 21.6. The molecule has 3 aromatic rings. The van der Waals surface area contributed by atoms with Crippen LogP contribution in [0.4, 0.5) is 5.13 Å². The molecule has 0 saturated carbocycles. The van der Waals surface area contributed by atoms with Crippen molar-refractivity contribution in [3.63, 3.8) is 0 Å². The quantitative estimate of drug-likeness (QED) is 0.428. The van der Waals surface area contributed by atoms with Crippen LogP contribution in [0.15, 0.2) is 53.4 Å². The minimum absolute atomic E-state index is 0.0915. The number of sulfone groups is 1. The second-order valence-corrected chi connectivity index (χ2v) is 11.1. The molecular weight excluding hydrogens is 454 g/mol. The van der Waals surface area contributed by atoms with E-state index in [9.17, 15) is 13.2 Å². The van der Waals surface area contributed by atoms with Crippen molar-refractivity contribution in [1.29, 1.82) is 0 Å². The summed E-state index contributed by atoms with van der Waals surface area (Å²) in [7, 11) is 0.522. The van der Waals surface area contributed by atoms with Gasteiger partial charge in [-0.2, -0.15) is 0 Å². The van der Waals surface area contributed by atoms with E-state index >= 15 is 0 Å². The molecule has 2 aromatic carbocycles. The number of rotatable bonds is 10. The molecule has 166 valence electrons. The van der Waals surface area contributed by atoms with E-state index < -0.39 is 9.84 Å². The molecule has 0 spiro atoms. The first-order valence-corrected chi connectivity index (χ1v) is 12.9. The van der Waals surface area contributed by atoms with Crippen molar-refractivity contribution >= 4 is 54.0 Å². The highest BCUT2D eigenvalue weighted by molar-refractivity contribution is 7.91. The Morgan fingerprint density at radius 2 is 1.74 bits per heavy atom. The van der Waals surface area contributed by atoms with Crippen molar-refractivity contribution in [2.24, 2.45) is 0 Å². The maximum Gasteiger partial charge on any atom is 0.228 e. The van der Waals surface area contributed by atoms with Crippen molar-refractivity contribution in [2.75, 3.05) is 37.8 Å². The molecule has 0 unspecified atom stereocenters. The van der Waals surface area contributed by atoms with Gasteiger partial charge in [-0.1, -0.05) is 35.1 Å². The number of anilines is 1. The number of carbonyl (C=O) groups is 1. The summed E-state index contributed by atoms with van der Waals surface area (Å²) >= 11 is 7.32. The molecule has 0 saturated heterocycles. The molecule has 0 atom stereocenters. The molecule has 1 aromatic heterocycles. The molecule has 0 aliphatic carbocycles. The molecule has 0 bridgehead atoms. The van der Waals surface area contributed by atoms with Crippen LogP contribution in [-0.4, -0.2) is 57.1 Å². The smallest absolute Gasteiger partial charge is 0.228 e. The topological polar surface area (TPSA) is 70.6 Å². The largest absolute Gasteiger partial charge is 0.309 e. The molecule has 31 heavy (non-hydrogen) atoms. The molecule has 3 rings (SSSR count). The fourth-order valence-corrected chi connectivity index (χ4v) is 5.60. The SMILES string of the molecule is CN(C)CCCN(C(=O)CCCS(=O)(=O)c1ccc(Cl)cc1)c1nc2ccccc2s1. The van der Waals surface area contributed by atoms with Gasteiger partial charge in [0.25, 0.3) is 0 Å². The normalized spacial score (nSPS) is 11.9. The van der Waals surface area contributed by atoms with Gasteiger partial charge in [0.15, 0.2) is 15.0 Å². The Kier molecular flexibility index (Phi) is 8.05. The van der Waals surface area contributed by atoms with Gasteiger partial charge in [-0.05, 0) is 69.9 Å². The number of thiazole rings is 1. The molecule has 9 heteroatoms. The van der Waals surface area contributed by atoms with E-state index in [1.54, 1.807) is 17.0 Å². The van der Waals surface area contributed by atoms with Crippen LogP contribution in [0.2, 0.25) is 5.02 Å². The molecule has 0 aliphatic heterocycles. The van der Waals surface area contributed by atoms with E-state index in [2.05, 4.69) is 9.88 Å². The van der Waals surface area contributed by atoms with Crippen LogP contribution >= 0.6 is 22.9 Å². The van der Waals surface area contributed by atoms with Gasteiger partial charge in [0.05, 0.1) is 20.9 Å². The average Bonchev–Trinajstić information content (AvgIpc) is 3.15. The van der Waals surface area contributed by atoms with Gasteiger partial charge >= 0.3 is 0 Å². The minimum atomic E-state index is -3.46. The molecule has 0 aliphatic rings. The Bertz CT molecular complexity index is 1100. The van der Waals surface area contributed by atoms with Gasteiger partial charge in [-0.3, -0.25) is 9.69 Å². The Morgan fingerprint density at radius 1 is 1.03 bits per heavy atom. The second kappa shape index (κ2) is 10.5. The van der Waals surface area contributed by atoms with Crippen molar-refractivity contribution in [3.05, 3.63) is 53.6 Å². The van der Waals surface area contributed by atoms with Crippen LogP contribution in [-0.2, 0) is 14.6 Å². The van der Waals surface area contributed by atoms with Crippen molar-refractivity contribution < 1.29 is 13.2 Å². The zero-order valence-electron chi connectivity index (χ0n) is 17.6. The number of benzene rings is 2. The number of hydrogen-bond donors (Lipinski definition) is 0. The number of hydrogen-bond acceptors (Lipinski definition) is 6. The molecule has 6 nitrogen and oxygen atoms in total. The molecule has 0 fully saturated rings. The lowest BCUT2D eigenvalue weighted by molar-refractivity contribution is -0.118. The lowest BCUT2D eigenvalue weighted by atomic mass is 10.3. The number of carbonyl (C=O) groups excluding carboxylic acids is 1. The first-order chi connectivity index (χ1) is 14.8. The highest BCUT2D eigenvalue weighted by Crippen LogP contribution is 2.29. The minimum Gasteiger partial charge on any atom is -0.309 e. The third-order valence-electron chi connectivity index (χ3n) is 4.78. The number of amides is 1. The van der Waals surface area contributed by atoms with Crippen LogP contribution in [0.5, 0.6) is 0 Å². The molecular formula is C22H26ClN3O3S2. The van der Waals surface area contributed by atoms with E-state index in [0.717, 1.165) is 23.2 Å². The van der Waals surface area contributed by atoms with Crippen molar-refractivity contribution in [3.8, 4) is 0 Å².